The molecule has 0 aromatic carbocycles. The van der Waals surface area contributed by atoms with Crippen molar-refractivity contribution in [1.29, 1.82) is 0 Å². The average Bonchev–Trinajstić information content (AvgIpc) is 3.02. The summed E-state index contributed by atoms with van der Waals surface area (Å²) in [6.45, 7) is 3.41. The predicted molar refractivity (Wildman–Crippen MR) is 98.7 cm³/mol. The van der Waals surface area contributed by atoms with Gasteiger partial charge in [-0.3, -0.25) is 9.78 Å². The highest BCUT2D eigenvalue weighted by atomic mass is 16.3. The number of aliphatic hydroxyl groups is 1. The predicted octanol–water partition coefficient (Wildman–Crippen LogP) is 1.21. The van der Waals surface area contributed by atoms with Gasteiger partial charge in [-0.2, -0.15) is 0 Å². The molecule has 0 radical (unpaired) electrons. The Bertz CT molecular complexity index is 755. The van der Waals surface area contributed by atoms with Gasteiger partial charge in [0.2, 0.25) is 5.91 Å². The third-order valence-corrected chi connectivity index (χ3v) is 4.75. The number of aryl methyl sites for hydroxylation is 2. The minimum Gasteiger partial charge on any atom is -0.386 e. The highest BCUT2D eigenvalue weighted by molar-refractivity contribution is 5.76. The Labute approximate surface area is 153 Å². The second-order valence-corrected chi connectivity index (χ2v) is 7.02. The van der Waals surface area contributed by atoms with Crippen molar-refractivity contribution in [3.63, 3.8) is 0 Å². The number of hydrogen-bond donors (Lipinski definition) is 1. The first kappa shape index (κ1) is 18.3. The van der Waals surface area contributed by atoms with Gasteiger partial charge in [-0.25, -0.2) is 9.97 Å². The molecule has 1 N–H and O–H groups in total. The van der Waals surface area contributed by atoms with Crippen LogP contribution in [0.2, 0.25) is 0 Å². The van der Waals surface area contributed by atoms with Crippen LogP contribution in [0, 0.1) is 6.92 Å². The van der Waals surface area contributed by atoms with Crippen molar-refractivity contribution in [2.24, 2.45) is 0 Å². The molecule has 2 aromatic heterocycles. The van der Waals surface area contributed by atoms with Gasteiger partial charge in [-0.15, -0.1) is 0 Å². The number of β-amino-alcohol motifs (C(OH)–C–C–N with tert-alkyl or cyclic N) is 1. The van der Waals surface area contributed by atoms with Gasteiger partial charge < -0.3 is 14.9 Å². The van der Waals surface area contributed by atoms with E-state index in [4.69, 9.17) is 0 Å². The van der Waals surface area contributed by atoms with Crippen LogP contribution in [0.25, 0.3) is 0 Å². The largest absolute Gasteiger partial charge is 0.386 e. The first-order chi connectivity index (χ1) is 12.5. The molecule has 3 rings (SSSR count). The summed E-state index contributed by atoms with van der Waals surface area (Å²) in [4.78, 5) is 28.5. The first-order valence-electron chi connectivity index (χ1n) is 8.84. The number of rotatable bonds is 6. The Morgan fingerprint density at radius 3 is 3.00 bits per heavy atom. The number of nitrogens with zero attached hydrogens (tertiary/aromatic N) is 5. The lowest BCUT2D eigenvalue weighted by atomic mass is 10.0. The standard InChI is InChI=1S/C19H25N5O2/c1-15-10-17(22-14-21-15)24-9-7-19(26,13-24)12-23(2)18(25)6-5-16-4-3-8-20-11-16/h3-4,8,10-11,14,26H,5-7,9,12-13H2,1-2H3/t19-/m0/s1. The van der Waals surface area contributed by atoms with Gasteiger partial charge in [-0.1, -0.05) is 6.07 Å². The smallest absolute Gasteiger partial charge is 0.222 e. The van der Waals surface area contributed by atoms with E-state index in [1.54, 1.807) is 24.3 Å². The Hall–Kier alpha value is -2.54. The van der Waals surface area contributed by atoms with Crippen molar-refractivity contribution >= 4 is 11.7 Å². The van der Waals surface area contributed by atoms with Crippen LogP contribution in [0.1, 0.15) is 24.1 Å². The lowest BCUT2D eigenvalue weighted by molar-refractivity contribution is -0.132. The van der Waals surface area contributed by atoms with Crippen LogP contribution < -0.4 is 4.90 Å². The number of likely N-dealkylation sites (N-methyl/N-ethyl adjacent to an activating group) is 1. The number of carbonyl (C=O) groups is 1. The molecule has 1 aliphatic heterocycles. The molecule has 2 aromatic rings. The number of anilines is 1. The molecular weight excluding hydrogens is 330 g/mol. The third kappa shape index (κ3) is 4.54. The maximum absolute atomic E-state index is 12.4. The third-order valence-electron chi connectivity index (χ3n) is 4.75. The van der Waals surface area contributed by atoms with Crippen molar-refractivity contribution in [1.82, 2.24) is 19.9 Å². The SMILES string of the molecule is Cc1cc(N2CC[C@](O)(CN(C)C(=O)CCc3cccnc3)C2)ncn1. The number of carbonyl (C=O) groups excluding carboxylic acids is 1. The van der Waals surface area contributed by atoms with Crippen LogP contribution in [-0.4, -0.2) is 63.1 Å². The molecule has 1 atom stereocenters. The van der Waals surface area contributed by atoms with Gasteiger partial charge in [0.15, 0.2) is 0 Å². The topological polar surface area (TPSA) is 82.5 Å². The van der Waals surface area contributed by atoms with Gasteiger partial charge in [0.05, 0.1) is 6.54 Å². The highest BCUT2D eigenvalue weighted by Crippen LogP contribution is 2.26. The van der Waals surface area contributed by atoms with E-state index in [9.17, 15) is 9.90 Å². The van der Waals surface area contributed by atoms with Crippen molar-refractivity contribution in [3.8, 4) is 0 Å². The van der Waals surface area contributed by atoms with Gasteiger partial charge in [-0.05, 0) is 31.4 Å². The van der Waals surface area contributed by atoms with E-state index in [-0.39, 0.29) is 5.91 Å². The molecule has 1 amide bonds. The molecule has 1 aliphatic rings. The minimum atomic E-state index is -0.919. The van der Waals surface area contributed by atoms with Crippen molar-refractivity contribution in [2.45, 2.75) is 31.8 Å². The molecule has 0 unspecified atom stereocenters. The summed E-state index contributed by atoms with van der Waals surface area (Å²) in [5.74, 6) is 0.845. The summed E-state index contributed by atoms with van der Waals surface area (Å²) < 4.78 is 0. The fraction of sp³-hybridized carbons (Fsp3) is 0.474. The van der Waals surface area contributed by atoms with Crippen LogP contribution in [0.15, 0.2) is 36.9 Å². The summed E-state index contributed by atoms with van der Waals surface area (Å²) in [6.07, 6.45) is 6.71. The van der Waals surface area contributed by atoms with Crippen LogP contribution in [0.5, 0.6) is 0 Å². The summed E-state index contributed by atoms with van der Waals surface area (Å²) in [6, 6.07) is 5.75. The van der Waals surface area contributed by atoms with E-state index < -0.39 is 5.60 Å². The zero-order chi connectivity index (χ0) is 18.6. The number of aromatic nitrogens is 3. The van der Waals surface area contributed by atoms with E-state index in [1.165, 1.54) is 6.33 Å². The average molecular weight is 355 g/mol. The van der Waals surface area contributed by atoms with E-state index in [0.717, 1.165) is 17.1 Å². The maximum atomic E-state index is 12.4. The zero-order valence-corrected chi connectivity index (χ0v) is 15.3. The Morgan fingerprint density at radius 1 is 1.42 bits per heavy atom. The van der Waals surface area contributed by atoms with Crippen molar-refractivity contribution in [3.05, 3.63) is 48.2 Å². The van der Waals surface area contributed by atoms with E-state index in [0.29, 0.717) is 38.9 Å². The summed E-state index contributed by atoms with van der Waals surface area (Å²) in [5, 5.41) is 10.9. The molecule has 0 spiro atoms. The normalized spacial score (nSPS) is 19.6. The van der Waals surface area contributed by atoms with E-state index in [1.807, 2.05) is 30.0 Å². The molecule has 26 heavy (non-hydrogen) atoms. The van der Waals surface area contributed by atoms with Gasteiger partial charge in [0.25, 0.3) is 0 Å². The fourth-order valence-electron chi connectivity index (χ4n) is 3.31. The zero-order valence-electron chi connectivity index (χ0n) is 15.3. The number of hydrogen-bond acceptors (Lipinski definition) is 6. The molecule has 0 bridgehead atoms. The van der Waals surface area contributed by atoms with Gasteiger partial charge in [0, 0.05) is 50.7 Å². The van der Waals surface area contributed by atoms with E-state index >= 15 is 0 Å². The lowest BCUT2D eigenvalue weighted by Crippen LogP contribution is -2.46. The fourth-order valence-corrected chi connectivity index (χ4v) is 3.31. The second kappa shape index (κ2) is 7.78. The molecule has 0 saturated carbocycles. The summed E-state index contributed by atoms with van der Waals surface area (Å²) in [7, 11) is 1.75. The molecule has 0 aliphatic carbocycles. The molecule has 1 fully saturated rings. The quantitative estimate of drug-likeness (QED) is 0.839. The first-order valence-corrected chi connectivity index (χ1v) is 8.84. The Kier molecular flexibility index (Phi) is 5.46. The molecule has 7 nitrogen and oxygen atoms in total. The molecule has 138 valence electrons. The highest BCUT2D eigenvalue weighted by Gasteiger charge is 2.38. The summed E-state index contributed by atoms with van der Waals surface area (Å²) in [5.41, 5.74) is 1.02. The van der Waals surface area contributed by atoms with E-state index in [2.05, 4.69) is 15.0 Å². The van der Waals surface area contributed by atoms with Crippen LogP contribution in [-0.2, 0) is 11.2 Å². The van der Waals surface area contributed by atoms with Crippen LogP contribution >= 0.6 is 0 Å². The summed E-state index contributed by atoms with van der Waals surface area (Å²) >= 11 is 0. The van der Waals surface area contributed by atoms with Gasteiger partial charge >= 0.3 is 0 Å². The van der Waals surface area contributed by atoms with Crippen LogP contribution in [0.4, 0.5) is 5.82 Å². The molecule has 3 heterocycles. The van der Waals surface area contributed by atoms with Crippen molar-refractivity contribution < 1.29 is 9.90 Å². The Balaban J connectivity index is 1.53. The number of amides is 1. The van der Waals surface area contributed by atoms with Gasteiger partial charge in [0.1, 0.15) is 17.7 Å². The number of pyridine rings is 1. The van der Waals surface area contributed by atoms with Crippen LogP contribution in [0.3, 0.4) is 0 Å². The molecule has 1 saturated heterocycles. The molecule has 7 heteroatoms. The Morgan fingerprint density at radius 2 is 2.27 bits per heavy atom. The minimum absolute atomic E-state index is 0.0265. The monoisotopic (exact) mass is 355 g/mol. The maximum Gasteiger partial charge on any atom is 0.222 e. The second-order valence-electron chi connectivity index (χ2n) is 7.02. The van der Waals surface area contributed by atoms with Crippen molar-refractivity contribution in [2.75, 3.05) is 31.6 Å². The molecular formula is C19H25N5O2. The lowest BCUT2D eigenvalue weighted by Gasteiger charge is -2.29.